The van der Waals surface area contributed by atoms with Crippen LogP contribution in [0.1, 0.15) is 33.1 Å². The Kier molecular flexibility index (Phi) is 3.72. The van der Waals surface area contributed by atoms with E-state index >= 15 is 0 Å². The van der Waals surface area contributed by atoms with Crippen LogP contribution in [0, 0.1) is 5.41 Å². The molecule has 0 aromatic carbocycles. The van der Waals surface area contributed by atoms with Crippen molar-refractivity contribution in [1.82, 2.24) is 5.32 Å². The van der Waals surface area contributed by atoms with Gasteiger partial charge in [-0.15, -0.1) is 0 Å². The average molecular weight is 185 g/mol. The van der Waals surface area contributed by atoms with Gasteiger partial charge in [0.2, 0.25) is 0 Å². The van der Waals surface area contributed by atoms with Crippen LogP contribution in [0.2, 0.25) is 0 Å². The van der Waals surface area contributed by atoms with Gasteiger partial charge < -0.3 is 10.1 Å². The van der Waals surface area contributed by atoms with Gasteiger partial charge in [-0.1, -0.05) is 13.3 Å². The number of carbonyl (C=O) groups excluding carboxylic acids is 1. The van der Waals surface area contributed by atoms with Crippen LogP contribution in [-0.4, -0.2) is 25.7 Å². The smallest absolute Gasteiger partial charge is 0.313 e. The van der Waals surface area contributed by atoms with E-state index in [9.17, 15) is 4.79 Å². The van der Waals surface area contributed by atoms with Gasteiger partial charge in [0.15, 0.2) is 0 Å². The highest BCUT2D eigenvalue weighted by atomic mass is 16.5. The minimum absolute atomic E-state index is 0.0362. The summed E-state index contributed by atoms with van der Waals surface area (Å²) in [6.45, 7) is 6.33. The maximum atomic E-state index is 11.6. The number of unbranched alkanes of at least 4 members (excludes halogenated alkanes) is 1. The lowest BCUT2D eigenvalue weighted by Gasteiger charge is -2.20. The number of hydrogen-bond donors (Lipinski definition) is 1. The van der Waals surface area contributed by atoms with E-state index in [2.05, 4.69) is 12.2 Å². The van der Waals surface area contributed by atoms with Gasteiger partial charge >= 0.3 is 5.97 Å². The lowest BCUT2D eigenvalue weighted by atomic mass is 9.90. The standard InChI is InChI=1S/C10H19NO2/c1-3-4-7-13-9(12)10(2)5-6-11-8-10/h11H,3-8H2,1-2H3. The number of ether oxygens (including phenoxy) is 1. The van der Waals surface area contributed by atoms with E-state index in [1.807, 2.05) is 6.92 Å². The van der Waals surface area contributed by atoms with Crippen molar-refractivity contribution in [2.24, 2.45) is 5.41 Å². The fraction of sp³-hybridized carbons (Fsp3) is 0.900. The molecule has 3 nitrogen and oxygen atoms in total. The van der Waals surface area contributed by atoms with E-state index in [4.69, 9.17) is 4.74 Å². The van der Waals surface area contributed by atoms with Crippen molar-refractivity contribution in [3.63, 3.8) is 0 Å². The summed E-state index contributed by atoms with van der Waals surface area (Å²) >= 11 is 0. The number of nitrogens with one attached hydrogen (secondary N) is 1. The van der Waals surface area contributed by atoms with E-state index in [-0.39, 0.29) is 11.4 Å². The van der Waals surface area contributed by atoms with Crippen molar-refractivity contribution in [2.45, 2.75) is 33.1 Å². The Morgan fingerprint density at radius 1 is 1.62 bits per heavy atom. The Hall–Kier alpha value is -0.570. The van der Waals surface area contributed by atoms with Crippen LogP contribution in [0.4, 0.5) is 0 Å². The first kappa shape index (κ1) is 10.5. The van der Waals surface area contributed by atoms with Gasteiger partial charge in [0.05, 0.1) is 12.0 Å². The molecule has 0 spiro atoms. The van der Waals surface area contributed by atoms with E-state index in [0.717, 1.165) is 32.4 Å². The highest BCUT2D eigenvalue weighted by Gasteiger charge is 2.37. The lowest BCUT2D eigenvalue weighted by molar-refractivity contribution is -0.153. The molecule has 1 rings (SSSR count). The van der Waals surface area contributed by atoms with Crippen molar-refractivity contribution in [3.05, 3.63) is 0 Å². The van der Waals surface area contributed by atoms with Crippen LogP contribution in [0.5, 0.6) is 0 Å². The van der Waals surface area contributed by atoms with Gasteiger partial charge in [0.25, 0.3) is 0 Å². The van der Waals surface area contributed by atoms with Gasteiger partial charge in [-0.05, 0) is 26.3 Å². The van der Waals surface area contributed by atoms with E-state index in [0.29, 0.717) is 6.61 Å². The normalized spacial score (nSPS) is 27.5. The summed E-state index contributed by atoms with van der Waals surface area (Å²) < 4.78 is 5.19. The third-order valence-electron chi connectivity index (χ3n) is 2.59. The Labute approximate surface area is 79.8 Å². The van der Waals surface area contributed by atoms with Crippen molar-refractivity contribution in [1.29, 1.82) is 0 Å². The van der Waals surface area contributed by atoms with Crippen LogP contribution in [0.25, 0.3) is 0 Å². The molecule has 1 aliphatic rings. The second-order valence-electron chi connectivity index (χ2n) is 3.98. The number of esters is 1. The number of carbonyl (C=O) groups is 1. The van der Waals surface area contributed by atoms with Gasteiger partial charge in [0, 0.05) is 6.54 Å². The van der Waals surface area contributed by atoms with Gasteiger partial charge in [0.1, 0.15) is 0 Å². The molecule has 1 saturated heterocycles. The molecule has 1 unspecified atom stereocenters. The fourth-order valence-electron chi connectivity index (χ4n) is 1.47. The Morgan fingerprint density at radius 3 is 2.92 bits per heavy atom. The summed E-state index contributed by atoms with van der Waals surface area (Å²) in [7, 11) is 0. The summed E-state index contributed by atoms with van der Waals surface area (Å²) in [4.78, 5) is 11.6. The van der Waals surface area contributed by atoms with Crippen LogP contribution < -0.4 is 5.32 Å². The fourth-order valence-corrected chi connectivity index (χ4v) is 1.47. The van der Waals surface area contributed by atoms with Crippen LogP contribution in [0.3, 0.4) is 0 Å². The molecular weight excluding hydrogens is 166 g/mol. The second-order valence-corrected chi connectivity index (χ2v) is 3.98. The molecule has 1 atom stereocenters. The summed E-state index contributed by atoms with van der Waals surface area (Å²) in [6, 6.07) is 0. The first-order valence-corrected chi connectivity index (χ1v) is 5.07. The molecule has 0 saturated carbocycles. The summed E-state index contributed by atoms with van der Waals surface area (Å²) in [5.74, 6) is -0.0362. The third kappa shape index (κ3) is 2.69. The lowest BCUT2D eigenvalue weighted by Crippen LogP contribution is -2.32. The number of rotatable bonds is 4. The van der Waals surface area contributed by atoms with Crippen LogP contribution in [-0.2, 0) is 9.53 Å². The second kappa shape index (κ2) is 4.61. The molecule has 0 aromatic rings. The molecule has 1 N–H and O–H groups in total. The molecule has 3 heteroatoms. The SMILES string of the molecule is CCCCOC(=O)C1(C)CCNC1. The minimum Gasteiger partial charge on any atom is -0.465 e. The van der Waals surface area contributed by atoms with Crippen molar-refractivity contribution in [3.8, 4) is 0 Å². The molecular formula is C10H19NO2. The Morgan fingerprint density at radius 2 is 2.38 bits per heavy atom. The molecule has 0 amide bonds. The summed E-state index contributed by atoms with van der Waals surface area (Å²) in [6.07, 6.45) is 2.94. The van der Waals surface area contributed by atoms with Gasteiger partial charge in [-0.2, -0.15) is 0 Å². The van der Waals surface area contributed by atoms with E-state index in [1.165, 1.54) is 0 Å². The average Bonchev–Trinajstić information content (AvgIpc) is 2.54. The highest BCUT2D eigenvalue weighted by Crippen LogP contribution is 2.25. The van der Waals surface area contributed by atoms with Gasteiger partial charge in [-0.25, -0.2) is 0 Å². The van der Waals surface area contributed by atoms with Crippen molar-refractivity contribution < 1.29 is 9.53 Å². The zero-order valence-electron chi connectivity index (χ0n) is 8.56. The topological polar surface area (TPSA) is 38.3 Å². The van der Waals surface area contributed by atoms with Gasteiger partial charge in [-0.3, -0.25) is 4.79 Å². The van der Waals surface area contributed by atoms with Crippen LogP contribution in [0.15, 0.2) is 0 Å². The largest absolute Gasteiger partial charge is 0.465 e. The monoisotopic (exact) mass is 185 g/mol. The summed E-state index contributed by atoms with van der Waals surface area (Å²) in [5, 5.41) is 3.18. The van der Waals surface area contributed by atoms with E-state index < -0.39 is 0 Å². The maximum absolute atomic E-state index is 11.6. The molecule has 0 aromatic heterocycles. The summed E-state index contributed by atoms with van der Waals surface area (Å²) in [5.41, 5.74) is -0.270. The van der Waals surface area contributed by atoms with Crippen LogP contribution >= 0.6 is 0 Å². The molecule has 1 aliphatic heterocycles. The molecule has 13 heavy (non-hydrogen) atoms. The molecule has 76 valence electrons. The quantitative estimate of drug-likeness (QED) is 0.530. The zero-order valence-corrected chi connectivity index (χ0v) is 8.56. The molecule has 1 fully saturated rings. The predicted octanol–water partition coefficient (Wildman–Crippen LogP) is 1.33. The minimum atomic E-state index is -0.270. The third-order valence-corrected chi connectivity index (χ3v) is 2.59. The Bertz CT molecular complexity index is 174. The highest BCUT2D eigenvalue weighted by molar-refractivity contribution is 5.77. The predicted molar refractivity (Wildman–Crippen MR) is 51.5 cm³/mol. The maximum Gasteiger partial charge on any atom is 0.313 e. The first-order chi connectivity index (χ1) is 6.19. The first-order valence-electron chi connectivity index (χ1n) is 5.07. The van der Waals surface area contributed by atoms with E-state index in [1.54, 1.807) is 0 Å². The molecule has 0 radical (unpaired) electrons. The zero-order chi connectivity index (χ0) is 9.73. The number of hydrogen-bond acceptors (Lipinski definition) is 3. The molecule has 0 aliphatic carbocycles. The Balaban J connectivity index is 2.29. The molecule has 0 bridgehead atoms. The van der Waals surface area contributed by atoms with Crippen molar-refractivity contribution in [2.75, 3.05) is 19.7 Å². The molecule has 1 heterocycles. The van der Waals surface area contributed by atoms with Crippen molar-refractivity contribution >= 4 is 5.97 Å².